The van der Waals surface area contributed by atoms with E-state index in [1.54, 1.807) is 12.1 Å². The largest absolute Gasteiger partial charge is 0.460 e. The second kappa shape index (κ2) is 12.7. The molecule has 0 aliphatic rings. The number of ether oxygens (including phenoxy) is 2. The predicted molar refractivity (Wildman–Crippen MR) is 121 cm³/mol. The SMILES string of the molecule is Cc1ccc(S(=O)(=O)O)cc1.NC(COCc1ccccc1)C(=O)OCc1ccccc1. The third-order valence-corrected chi connectivity index (χ3v) is 5.12. The number of aryl methyl sites for hydroxylation is 1. The van der Waals surface area contributed by atoms with Gasteiger partial charge in [0.1, 0.15) is 12.6 Å². The first-order chi connectivity index (χ1) is 15.3. The number of hydrogen-bond donors (Lipinski definition) is 2. The summed E-state index contributed by atoms with van der Waals surface area (Å²) >= 11 is 0. The highest BCUT2D eigenvalue weighted by molar-refractivity contribution is 7.85. The van der Waals surface area contributed by atoms with Crippen molar-refractivity contribution in [1.29, 1.82) is 0 Å². The highest BCUT2D eigenvalue weighted by atomic mass is 32.2. The Bertz CT molecular complexity index is 1050. The van der Waals surface area contributed by atoms with Gasteiger partial charge in [0, 0.05) is 0 Å². The Morgan fingerprint density at radius 3 is 1.88 bits per heavy atom. The number of rotatable bonds is 8. The standard InChI is InChI=1S/C17H19NO3.C7H8O3S/c18-16(13-20-11-14-7-3-1-4-8-14)17(19)21-12-15-9-5-2-6-10-15;1-6-2-4-7(5-3-6)11(8,9)10/h1-10,16H,11-13,18H2;2-5H,1H3,(H,8,9,10). The molecular weight excluding hydrogens is 430 g/mol. The van der Waals surface area contributed by atoms with Crippen LogP contribution in [0.3, 0.4) is 0 Å². The molecule has 7 nitrogen and oxygen atoms in total. The Morgan fingerprint density at radius 1 is 0.875 bits per heavy atom. The van der Waals surface area contributed by atoms with Gasteiger partial charge in [-0.05, 0) is 30.2 Å². The molecule has 0 radical (unpaired) electrons. The molecule has 3 aromatic carbocycles. The summed E-state index contributed by atoms with van der Waals surface area (Å²) in [5.74, 6) is -0.452. The highest BCUT2D eigenvalue weighted by Gasteiger charge is 2.15. The van der Waals surface area contributed by atoms with Gasteiger partial charge in [0.15, 0.2) is 0 Å². The van der Waals surface area contributed by atoms with E-state index in [-0.39, 0.29) is 18.1 Å². The van der Waals surface area contributed by atoms with Crippen LogP contribution in [0.15, 0.2) is 89.8 Å². The molecular formula is C24H27NO6S. The molecule has 0 bridgehead atoms. The molecule has 8 heteroatoms. The molecule has 3 rings (SSSR count). The fourth-order valence-corrected chi connectivity index (χ4v) is 2.97. The van der Waals surface area contributed by atoms with Gasteiger partial charge in [-0.2, -0.15) is 8.42 Å². The molecule has 0 aliphatic carbocycles. The van der Waals surface area contributed by atoms with E-state index in [1.165, 1.54) is 12.1 Å². The van der Waals surface area contributed by atoms with Crippen molar-refractivity contribution in [2.45, 2.75) is 31.1 Å². The van der Waals surface area contributed by atoms with Crippen LogP contribution in [-0.4, -0.2) is 31.6 Å². The van der Waals surface area contributed by atoms with Crippen molar-refractivity contribution in [3.8, 4) is 0 Å². The van der Waals surface area contributed by atoms with Crippen molar-refractivity contribution in [1.82, 2.24) is 0 Å². The molecule has 0 aliphatic heterocycles. The second-order valence-corrected chi connectivity index (χ2v) is 8.41. The minimum absolute atomic E-state index is 0.0666. The molecule has 0 spiro atoms. The van der Waals surface area contributed by atoms with Crippen molar-refractivity contribution in [2.24, 2.45) is 5.73 Å². The molecule has 0 saturated heterocycles. The Labute approximate surface area is 188 Å². The van der Waals surface area contributed by atoms with Gasteiger partial charge in [0.05, 0.1) is 18.1 Å². The van der Waals surface area contributed by atoms with Crippen LogP contribution in [0, 0.1) is 6.92 Å². The predicted octanol–water partition coefficient (Wildman–Crippen LogP) is 3.52. The van der Waals surface area contributed by atoms with Crippen LogP contribution in [0.5, 0.6) is 0 Å². The van der Waals surface area contributed by atoms with Gasteiger partial charge in [0.25, 0.3) is 10.1 Å². The Morgan fingerprint density at radius 2 is 1.38 bits per heavy atom. The molecule has 3 N–H and O–H groups in total. The minimum Gasteiger partial charge on any atom is -0.460 e. The van der Waals surface area contributed by atoms with Gasteiger partial charge in [-0.3, -0.25) is 9.35 Å². The van der Waals surface area contributed by atoms with Crippen LogP contribution < -0.4 is 5.73 Å². The molecule has 0 aromatic heterocycles. The molecule has 3 aromatic rings. The summed E-state index contributed by atoms with van der Waals surface area (Å²) in [7, 11) is -4.02. The monoisotopic (exact) mass is 457 g/mol. The van der Waals surface area contributed by atoms with Crippen molar-refractivity contribution in [3.63, 3.8) is 0 Å². The number of carbonyl (C=O) groups excluding carboxylic acids is 1. The third-order valence-electron chi connectivity index (χ3n) is 4.25. The average molecular weight is 458 g/mol. The molecule has 170 valence electrons. The maximum absolute atomic E-state index is 11.7. The lowest BCUT2D eigenvalue weighted by atomic mass is 10.2. The Hall–Kier alpha value is -3.04. The van der Waals surface area contributed by atoms with E-state index in [0.29, 0.717) is 6.61 Å². The summed E-state index contributed by atoms with van der Waals surface area (Å²) in [6.45, 7) is 2.64. The second-order valence-electron chi connectivity index (χ2n) is 6.99. The summed E-state index contributed by atoms with van der Waals surface area (Å²) in [6, 6.07) is 24.4. The third kappa shape index (κ3) is 9.40. The van der Waals surface area contributed by atoms with Crippen molar-refractivity contribution >= 4 is 16.1 Å². The van der Waals surface area contributed by atoms with Crippen molar-refractivity contribution < 1.29 is 27.2 Å². The van der Waals surface area contributed by atoms with E-state index in [4.69, 9.17) is 19.8 Å². The molecule has 1 atom stereocenters. The molecule has 0 amide bonds. The lowest BCUT2D eigenvalue weighted by Gasteiger charge is -2.12. The molecule has 1 unspecified atom stereocenters. The first-order valence-electron chi connectivity index (χ1n) is 9.87. The van der Waals surface area contributed by atoms with Gasteiger partial charge in [-0.15, -0.1) is 0 Å². The first-order valence-corrected chi connectivity index (χ1v) is 11.3. The van der Waals surface area contributed by atoms with Crippen molar-refractivity contribution in [2.75, 3.05) is 6.61 Å². The van der Waals surface area contributed by atoms with E-state index in [9.17, 15) is 13.2 Å². The molecule has 0 fully saturated rings. The fraction of sp³-hybridized carbons (Fsp3) is 0.208. The quantitative estimate of drug-likeness (QED) is 0.393. The zero-order valence-electron chi connectivity index (χ0n) is 17.8. The summed E-state index contributed by atoms with van der Waals surface area (Å²) in [5.41, 5.74) is 8.68. The van der Waals surface area contributed by atoms with Crippen LogP contribution in [0.4, 0.5) is 0 Å². The normalized spacial score (nSPS) is 11.7. The maximum Gasteiger partial charge on any atom is 0.325 e. The number of nitrogens with two attached hydrogens (primary N) is 1. The van der Waals surface area contributed by atoms with E-state index in [0.717, 1.165) is 16.7 Å². The Balaban J connectivity index is 0.000000278. The minimum atomic E-state index is -4.02. The summed E-state index contributed by atoms with van der Waals surface area (Å²) in [5, 5.41) is 0. The van der Waals surface area contributed by atoms with E-state index >= 15 is 0 Å². The average Bonchev–Trinajstić information content (AvgIpc) is 2.79. The van der Waals surface area contributed by atoms with Crippen LogP contribution in [0.2, 0.25) is 0 Å². The van der Waals surface area contributed by atoms with Gasteiger partial charge < -0.3 is 15.2 Å². The smallest absolute Gasteiger partial charge is 0.325 e. The molecule has 0 heterocycles. The molecule has 32 heavy (non-hydrogen) atoms. The number of carbonyl (C=O) groups is 1. The lowest BCUT2D eigenvalue weighted by Crippen LogP contribution is -2.36. The summed E-state index contributed by atoms with van der Waals surface area (Å²) in [4.78, 5) is 11.7. The van der Waals surface area contributed by atoms with Gasteiger partial charge in [-0.25, -0.2) is 0 Å². The van der Waals surface area contributed by atoms with Crippen LogP contribution in [0.25, 0.3) is 0 Å². The zero-order chi connectivity index (χ0) is 23.4. The van der Waals surface area contributed by atoms with E-state index in [1.807, 2.05) is 67.6 Å². The number of benzene rings is 3. The van der Waals surface area contributed by atoms with Crippen LogP contribution in [0.1, 0.15) is 16.7 Å². The fourth-order valence-electron chi connectivity index (χ4n) is 2.49. The summed E-state index contributed by atoms with van der Waals surface area (Å²) in [6.07, 6.45) is 0. The van der Waals surface area contributed by atoms with E-state index < -0.39 is 22.1 Å². The maximum atomic E-state index is 11.7. The number of esters is 1. The summed E-state index contributed by atoms with van der Waals surface area (Å²) < 4.78 is 40.1. The zero-order valence-corrected chi connectivity index (χ0v) is 18.6. The lowest BCUT2D eigenvalue weighted by molar-refractivity contribution is -0.148. The van der Waals surface area contributed by atoms with Crippen LogP contribution >= 0.6 is 0 Å². The van der Waals surface area contributed by atoms with E-state index in [2.05, 4.69) is 0 Å². The van der Waals surface area contributed by atoms with Crippen LogP contribution in [-0.2, 0) is 37.6 Å². The topological polar surface area (TPSA) is 116 Å². The molecule has 0 saturated carbocycles. The number of hydrogen-bond acceptors (Lipinski definition) is 6. The van der Waals surface area contributed by atoms with Gasteiger partial charge in [-0.1, -0.05) is 78.4 Å². The Kier molecular flexibility index (Phi) is 10.0. The van der Waals surface area contributed by atoms with Crippen molar-refractivity contribution in [3.05, 3.63) is 102 Å². The highest BCUT2D eigenvalue weighted by Crippen LogP contribution is 2.08. The first kappa shape index (κ1) is 25.2. The van der Waals surface area contributed by atoms with Gasteiger partial charge >= 0.3 is 5.97 Å². The van der Waals surface area contributed by atoms with Gasteiger partial charge in [0.2, 0.25) is 0 Å².